The number of anilines is 2. The van der Waals surface area contributed by atoms with E-state index in [2.05, 4.69) is 49.2 Å². The van der Waals surface area contributed by atoms with E-state index in [0.717, 1.165) is 19.5 Å². The van der Waals surface area contributed by atoms with Crippen LogP contribution in [0.25, 0.3) is 0 Å². The molecule has 2 rings (SSSR count). The lowest BCUT2D eigenvalue weighted by Crippen LogP contribution is -2.24. The molecule has 1 atom stereocenters. The third-order valence-electron chi connectivity index (χ3n) is 3.37. The lowest BCUT2D eigenvalue weighted by Gasteiger charge is -2.24. The highest BCUT2D eigenvalue weighted by Gasteiger charge is 2.17. The van der Waals surface area contributed by atoms with Gasteiger partial charge in [0.25, 0.3) is 0 Å². The maximum absolute atomic E-state index is 3.51. The molecule has 17 heavy (non-hydrogen) atoms. The summed E-state index contributed by atoms with van der Waals surface area (Å²) in [5.74, 6) is 0. The molecule has 0 aromatic heterocycles. The van der Waals surface area contributed by atoms with E-state index in [1.807, 2.05) is 0 Å². The molecule has 0 spiro atoms. The fourth-order valence-corrected chi connectivity index (χ4v) is 2.64. The Hall–Kier alpha value is -1.18. The summed E-state index contributed by atoms with van der Waals surface area (Å²) in [5.41, 5.74) is 4.20. The number of rotatable bonds is 5. The second kappa shape index (κ2) is 5.44. The van der Waals surface area contributed by atoms with E-state index in [9.17, 15) is 0 Å². The van der Waals surface area contributed by atoms with Gasteiger partial charge in [-0.15, -0.1) is 0 Å². The van der Waals surface area contributed by atoms with Crippen molar-refractivity contribution >= 4 is 11.4 Å². The van der Waals surface area contributed by atoms with Crippen LogP contribution in [0.5, 0.6) is 0 Å². The Morgan fingerprint density at radius 3 is 2.59 bits per heavy atom. The van der Waals surface area contributed by atoms with Gasteiger partial charge in [0.1, 0.15) is 0 Å². The second-order valence-corrected chi connectivity index (χ2v) is 5.08. The third-order valence-corrected chi connectivity index (χ3v) is 3.37. The highest BCUT2D eigenvalue weighted by molar-refractivity contribution is 5.64. The Labute approximate surface area is 105 Å². The Morgan fingerprint density at radius 1 is 1.24 bits per heavy atom. The van der Waals surface area contributed by atoms with Gasteiger partial charge in [0.15, 0.2) is 0 Å². The fourth-order valence-electron chi connectivity index (χ4n) is 2.64. The van der Waals surface area contributed by atoms with E-state index in [-0.39, 0.29) is 0 Å². The van der Waals surface area contributed by atoms with Crippen molar-refractivity contribution < 1.29 is 0 Å². The quantitative estimate of drug-likeness (QED) is 0.833. The second-order valence-electron chi connectivity index (χ2n) is 5.08. The van der Waals surface area contributed by atoms with Gasteiger partial charge in [-0.1, -0.05) is 13.8 Å². The first kappa shape index (κ1) is 12.3. The maximum atomic E-state index is 3.51. The first-order chi connectivity index (χ1) is 8.24. The third kappa shape index (κ3) is 2.74. The summed E-state index contributed by atoms with van der Waals surface area (Å²) in [6.45, 7) is 9.07. The molecular weight excluding hydrogens is 208 g/mol. The summed E-state index contributed by atoms with van der Waals surface area (Å²) in [6, 6.07) is 7.46. The van der Waals surface area contributed by atoms with Gasteiger partial charge in [-0.25, -0.2) is 0 Å². The predicted octanol–water partition coefficient (Wildman–Crippen LogP) is 3.67. The summed E-state index contributed by atoms with van der Waals surface area (Å²) >= 11 is 0. The first-order valence-electron chi connectivity index (χ1n) is 6.89. The van der Waals surface area contributed by atoms with Gasteiger partial charge in [-0.05, 0) is 49.9 Å². The molecule has 2 heteroatoms. The van der Waals surface area contributed by atoms with Crippen LogP contribution in [0.2, 0.25) is 0 Å². The van der Waals surface area contributed by atoms with Crippen molar-refractivity contribution in [1.82, 2.24) is 0 Å². The summed E-state index contributed by atoms with van der Waals surface area (Å²) in [5, 5.41) is 3.51. The molecule has 0 saturated carbocycles. The van der Waals surface area contributed by atoms with E-state index in [1.165, 1.54) is 29.8 Å². The minimum Gasteiger partial charge on any atom is -0.382 e. The summed E-state index contributed by atoms with van der Waals surface area (Å²) in [7, 11) is 0. The lowest BCUT2D eigenvalue weighted by atomic mass is 10.1. The van der Waals surface area contributed by atoms with Gasteiger partial charge in [0.05, 0.1) is 0 Å². The normalized spacial score (nSPS) is 17.7. The van der Waals surface area contributed by atoms with E-state index in [4.69, 9.17) is 0 Å². The molecule has 1 aliphatic heterocycles. The standard InChI is InChI=1S/C15H24N2/c1-4-8-17(9-5-2)14-6-7-15-13(11-14)10-12(3)16-15/h6-7,11-12,16H,4-5,8-10H2,1-3H3. The van der Waals surface area contributed by atoms with Crippen LogP contribution in [0, 0.1) is 0 Å². The number of hydrogen-bond donors (Lipinski definition) is 1. The van der Waals surface area contributed by atoms with Crippen molar-refractivity contribution in [3.8, 4) is 0 Å². The van der Waals surface area contributed by atoms with Gasteiger partial charge in [-0.2, -0.15) is 0 Å². The summed E-state index contributed by atoms with van der Waals surface area (Å²) in [6.07, 6.45) is 3.59. The molecular formula is C15H24N2. The summed E-state index contributed by atoms with van der Waals surface area (Å²) in [4.78, 5) is 2.50. The molecule has 0 radical (unpaired) electrons. The zero-order chi connectivity index (χ0) is 12.3. The molecule has 1 aliphatic rings. The highest BCUT2D eigenvalue weighted by atomic mass is 15.1. The zero-order valence-electron chi connectivity index (χ0n) is 11.3. The van der Waals surface area contributed by atoms with Crippen LogP contribution in [-0.2, 0) is 6.42 Å². The Balaban J connectivity index is 2.18. The smallest absolute Gasteiger partial charge is 0.0377 e. The Bertz CT molecular complexity index is 367. The minimum absolute atomic E-state index is 0.589. The van der Waals surface area contributed by atoms with E-state index in [1.54, 1.807) is 0 Å². The monoisotopic (exact) mass is 232 g/mol. The zero-order valence-corrected chi connectivity index (χ0v) is 11.3. The molecule has 1 N–H and O–H groups in total. The van der Waals surface area contributed by atoms with Crippen LogP contribution < -0.4 is 10.2 Å². The van der Waals surface area contributed by atoms with Crippen molar-refractivity contribution in [3.63, 3.8) is 0 Å². The molecule has 0 saturated heterocycles. The Kier molecular flexibility index (Phi) is 3.93. The van der Waals surface area contributed by atoms with Crippen LogP contribution in [0.4, 0.5) is 11.4 Å². The van der Waals surface area contributed by atoms with Crippen molar-refractivity contribution in [3.05, 3.63) is 23.8 Å². The van der Waals surface area contributed by atoms with Gasteiger partial charge in [-0.3, -0.25) is 0 Å². The number of benzene rings is 1. The number of nitrogens with zero attached hydrogens (tertiary/aromatic N) is 1. The molecule has 0 bridgehead atoms. The predicted molar refractivity (Wildman–Crippen MR) is 76.0 cm³/mol. The highest BCUT2D eigenvalue weighted by Crippen LogP contribution is 2.30. The molecule has 1 heterocycles. The average molecular weight is 232 g/mol. The van der Waals surface area contributed by atoms with Crippen molar-refractivity contribution in [2.24, 2.45) is 0 Å². The minimum atomic E-state index is 0.589. The molecule has 1 aromatic carbocycles. The molecule has 0 aliphatic carbocycles. The largest absolute Gasteiger partial charge is 0.382 e. The molecule has 2 nitrogen and oxygen atoms in total. The number of hydrogen-bond acceptors (Lipinski definition) is 2. The molecule has 1 unspecified atom stereocenters. The maximum Gasteiger partial charge on any atom is 0.0377 e. The van der Waals surface area contributed by atoms with Crippen LogP contribution in [0.1, 0.15) is 39.2 Å². The van der Waals surface area contributed by atoms with Crippen LogP contribution in [0.3, 0.4) is 0 Å². The topological polar surface area (TPSA) is 15.3 Å². The van der Waals surface area contributed by atoms with Crippen molar-refractivity contribution in [2.75, 3.05) is 23.3 Å². The van der Waals surface area contributed by atoms with Crippen molar-refractivity contribution in [2.45, 2.75) is 46.1 Å². The van der Waals surface area contributed by atoms with E-state index in [0.29, 0.717) is 6.04 Å². The molecule has 0 fully saturated rings. The van der Waals surface area contributed by atoms with Crippen LogP contribution in [0.15, 0.2) is 18.2 Å². The number of fused-ring (bicyclic) bond motifs is 1. The van der Waals surface area contributed by atoms with Crippen LogP contribution in [-0.4, -0.2) is 19.1 Å². The lowest BCUT2D eigenvalue weighted by molar-refractivity contribution is 0.744. The summed E-state index contributed by atoms with van der Waals surface area (Å²) < 4.78 is 0. The Morgan fingerprint density at radius 2 is 1.94 bits per heavy atom. The van der Waals surface area contributed by atoms with E-state index < -0.39 is 0 Å². The van der Waals surface area contributed by atoms with E-state index >= 15 is 0 Å². The van der Waals surface area contributed by atoms with Gasteiger partial charge >= 0.3 is 0 Å². The fraction of sp³-hybridized carbons (Fsp3) is 0.600. The number of nitrogens with one attached hydrogen (secondary N) is 1. The van der Waals surface area contributed by atoms with Gasteiger partial charge in [0, 0.05) is 30.5 Å². The molecule has 1 aromatic rings. The van der Waals surface area contributed by atoms with Gasteiger partial charge < -0.3 is 10.2 Å². The average Bonchev–Trinajstić information content (AvgIpc) is 2.67. The van der Waals surface area contributed by atoms with Crippen molar-refractivity contribution in [1.29, 1.82) is 0 Å². The molecule has 94 valence electrons. The molecule has 0 amide bonds. The SMILES string of the molecule is CCCN(CCC)c1ccc2c(c1)CC(C)N2. The van der Waals surface area contributed by atoms with Gasteiger partial charge in [0.2, 0.25) is 0 Å². The first-order valence-corrected chi connectivity index (χ1v) is 6.89. The van der Waals surface area contributed by atoms with Crippen LogP contribution >= 0.6 is 0 Å².